The zero-order valence-electron chi connectivity index (χ0n) is 11.2. The Balaban J connectivity index is 2.02. The first-order chi connectivity index (χ1) is 9.65. The van der Waals surface area contributed by atoms with E-state index in [9.17, 15) is 9.90 Å². The van der Waals surface area contributed by atoms with Gasteiger partial charge in [0, 0.05) is 29.7 Å². The molecule has 0 unspecified atom stereocenters. The van der Waals surface area contributed by atoms with Gasteiger partial charge in [-0.15, -0.1) is 0 Å². The number of halogens is 1. The van der Waals surface area contributed by atoms with Gasteiger partial charge in [-0.25, -0.2) is 4.79 Å². The lowest BCUT2D eigenvalue weighted by Gasteiger charge is -2.17. The second-order valence-electron chi connectivity index (χ2n) is 4.32. The first-order valence-corrected chi connectivity index (χ1v) is 6.66. The monoisotopic (exact) mass is 300 g/mol. The number of hydrogen-bond donors (Lipinski definition) is 2. The van der Waals surface area contributed by atoms with Crippen LogP contribution in [0.1, 0.15) is 5.56 Å². The van der Waals surface area contributed by atoms with E-state index in [-0.39, 0.29) is 12.6 Å². The van der Waals surface area contributed by atoms with Gasteiger partial charge in [0.25, 0.3) is 0 Å². The van der Waals surface area contributed by atoms with Gasteiger partial charge in [0.1, 0.15) is 6.61 Å². The lowest BCUT2D eigenvalue weighted by molar-refractivity contribution is 0.198. The average molecular weight is 301 g/mol. The Bertz CT molecular complexity index is 470. The van der Waals surface area contributed by atoms with E-state index in [2.05, 4.69) is 5.32 Å². The van der Waals surface area contributed by atoms with Crippen LogP contribution in [0, 0.1) is 0 Å². The number of aliphatic hydroxyl groups is 1. The van der Waals surface area contributed by atoms with Crippen LogP contribution < -0.4 is 14.8 Å². The third-order valence-corrected chi connectivity index (χ3v) is 3.26. The molecular formula is C13H17ClN2O4. The standard InChI is InChI=1S/C13H17ClN2O4/c1-19-11-7-10(14)6-9(8-17)12(11)20-5-4-16-3-2-15-13(16)18/h6-7,17H,2-5,8H2,1H3,(H,15,18). The highest BCUT2D eigenvalue weighted by atomic mass is 35.5. The smallest absolute Gasteiger partial charge is 0.317 e. The largest absolute Gasteiger partial charge is 0.493 e. The van der Waals surface area contributed by atoms with Gasteiger partial charge >= 0.3 is 6.03 Å². The zero-order valence-corrected chi connectivity index (χ0v) is 11.9. The normalized spacial score (nSPS) is 14.3. The number of aliphatic hydroxyl groups excluding tert-OH is 1. The Hall–Kier alpha value is -1.66. The Morgan fingerprint density at radius 1 is 1.50 bits per heavy atom. The topological polar surface area (TPSA) is 71.0 Å². The van der Waals surface area contributed by atoms with Gasteiger partial charge in [-0.05, 0) is 6.07 Å². The third-order valence-electron chi connectivity index (χ3n) is 3.04. The molecule has 1 saturated heterocycles. The molecule has 110 valence electrons. The van der Waals surface area contributed by atoms with Gasteiger partial charge in [-0.3, -0.25) is 0 Å². The van der Waals surface area contributed by atoms with Crippen LogP contribution in [0.25, 0.3) is 0 Å². The molecule has 1 aliphatic heterocycles. The maximum absolute atomic E-state index is 11.4. The minimum Gasteiger partial charge on any atom is -0.493 e. The van der Waals surface area contributed by atoms with E-state index in [1.807, 2.05) is 0 Å². The number of carbonyl (C=O) groups is 1. The summed E-state index contributed by atoms with van der Waals surface area (Å²) in [7, 11) is 1.51. The molecule has 0 radical (unpaired) electrons. The summed E-state index contributed by atoms with van der Waals surface area (Å²) in [6.07, 6.45) is 0. The molecule has 0 atom stereocenters. The third kappa shape index (κ3) is 3.26. The van der Waals surface area contributed by atoms with Crippen molar-refractivity contribution in [2.45, 2.75) is 6.61 Å². The van der Waals surface area contributed by atoms with Crippen LogP contribution in [0.3, 0.4) is 0 Å². The predicted octanol–water partition coefficient (Wildman–Crippen LogP) is 1.24. The summed E-state index contributed by atoms with van der Waals surface area (Å²) < 4.78 is 10.8. The summed E-state index contributed by atoms with van der Waals surface area (Å²) in [6.45, 7) is 1.93. The number of carbonyl (C=O) groups excluding carboxylic acids is 1. The molecule has 1 aliphatic rings. The van der Waals surface area contributed by atoms with Crippen molar-refractivity contribution in [3.63, 3.8) is 0 Å². The number of ether oxygens (including phenoxy) is 2. The second-order valence-corrected chi connectivity index (χ2v) is 4.76. The van der Waals surface area contributed by atoms with E-state index in [1.54, 1.807) is 17.0 Å². The fourth-order valence-electron chi connectivity index (χ4n) is 2.04. The number of hydrogen-bond acceptors (Lipinski definition) is 4. The Morgan fingerprint density at radius 3 is 2.90 bits per heavy atom. The van der Waals surface area contributed by atoms with Crippen LogP contribution in [-0.4, -0.2) is 49.4 Å². The molecule has 6 nitrogen and oxygen atoms in total. The number of amides is 2. The van der Waals surface area contributed by atoms with Gasteiger partial charge in [0.15, 0.2) is 11.5 Å². The first-order valence-electron chi connectivity index (χ1n) is 6.28. The van der Waals surface area contributed by atoms with Crippen molar-refractivity contribution >= 4 is 17.6 Å². The predicted molar refractivity (Wildman–Crippen MR) is 74.4 cm³/mol. The number of nitrogens with zero attached hydrogens (tertiary/aromatic N) is 1. The maximum atomic E-state index is 11.4. The van der Waals surface area contributed by atoms with Crippen molar-refractivity contribution < 1.29 is 19.4 Å². The molecule has 0 aromatic heterocycles. The highest BCUT2D eigenvalue weighted by molar-refractivity contribution is 6.30. The number of benzene rings is 1. The van der Waals surface area contributed by atoms with Gasteiger partial charge in [-0.1, -0.05) is 11.6 Å². The fraction of sp³-hybridized carbons (Fsp3) is 0.462. The fourth-order valence-corrected chi connectivity index (χ4v) is 2.27. The van der Waals surface area contributed by atoms with E-state index in [0.717, 1.165) is 0 Å². The first kappa shape index (κ1) is 14.7. The van der Waals surface area contributed by atoms with Crippen molar-refractivity contribution in [2.24, 2.45) is 0 Å². The van der Waals surface area contributed by atoms with Crippen molar-refractivity contribution in [1.29, 1.82) is 0 Å². The minimum atomic E-state index is -0.198. The highest BCUT2D eigenvalue weighted by Crippen LogP contribution is 2.34. The highest BCUT2D eigenvalue weighted by Gasteiger charge is 2.19. The van der Waals surface area contributed by atoms with Gasteiger partial charge in [-0.2, -0.15) is 0 Å². The van der Waals surface area contributed by atoms with Crippen molar-refractivity contribution in [3.05, 3.63) is 22.7 Å². The summed E-state index contributed by atoms with van der Waals surface area (Å²) in [5.41, 5.74) is 0.556. The van der Waals surface area contributed by atoms with Crippen LogP contribution in [0.4, 0.5) is 4.79 Å². The number of nitrogens with one attached hydrogen (secondary N) is 1. The molecule has 2 N–H and O–H groups in total. The van der Waals surface area contributed by atoms with Gasteiger partial charge in [0.2, 0.25) is 0 Å². The molecule has 20 heavy (non-hydrogen) atoms. The van der Waals surface area contributed by atoms with E-state index in [4.69, 9.17) is 21.1 Å². The lowest BCUT2D eigenvalue weighted by atomic mass is 10.2. The summed E-state index contributed by atoms with van der Waals surface area (Å²) in [6, 6.07) is 3.17. The van der Waals surface area contributed by atoms with Crippen molar-refractivity contribution in [1.82, 2.24) is 10.2 Å². The molecule has 1 fully saturated rings. The molecule has 0 spiro atoms. The summed E-state index contributed by atoms with van der Waals surface area (Å²) in [5, 5.41) is 12.5. The van der Waals surface area contributed by atoms with Crippen molar-refractivity contribution in [3.8, 4) is 11.5 Å². The van der Waals surface area contributed by atoms with Crippen LogP contribution in [0.2, 0.25) is 5.02 Å². The molecule has 0 saturated carbocycles. The Kier molecular flexibility index (Phi) is 4.92. The van der Waals surface area contributed by atoms with Crippen LogP contribution in [-0.2, 0) is 6.61 Å². The molecule has 2 amide bonds. The summed E-state index contributed by atoms with van der Waals surface area (Å²) in [4.78, 5) is 13.1. The lowest BCUT2D eigenvalue weighted by Crippen LogP contribution is -2.32. The maximum Gasteiger partial charge on any atom is 0.317 e. The molecule has 1 aromatic rings. The zero-order chi connectivity index (χ0) is 14.5. The Morgan fingerprint density at radius 2 is 2.30 bits per heavy atom. The molecule has 1 heterocycles. The molecule has 0 aliphatic carbocycles. The molecule has 2 rings (SSSR count). The van der Waals surface area contributed by atoms with Gasteiger partial charge < -0.3 is 24.8 Å². The number of methoxy groups -OCH3 is 1. The second kappa shape index (κ2) is 6.67. The van der Waals surface area contributed by atoms with Crippen molar-refractivity contribution in [2.75, 3.05) is 33.4 Å². The average Bonchev–Trinajstić information content (AvgIpc) is 2.85. The summed E-state index contributed by atoms with van der Waals surface area (Å²) in [5.74, 6) is 0.923. The molecule has 7 heteroatoms. The van der Waals surface area contributed by atoms with Crippen LogP contribution in [0.5, 0.6) is 11.5 Å². The quantitative estimate of drug-likeness (QED) is 0.829. The van der Waals surface area contributed by atoms with Gasteiger partial charge in [0.05, 0.1) is 20.3 Å². The number of urea groups is 1. The minimum absolute atomic E-state index is 0.0842. The number of rotatable bonds is 6. The van der Waals surface area contributed by atoms with Crippen LogP contribution >= 0.6 is 11.6 Å². The molecular weight excluding hydrogens is 284 g/mol. The van der Waals surface area contributed by atoms with E-state index in [0.29, 0.717) is 48.3 Å². The SMILES string of the molecule is COc1cc(Cl)cc(CO)c1OCCN1CCNC1=O. The van der Waals surface area contributed by atoms with E-state index in [1.165, 1.54) is 7.11 Å². The molecule has 1 aromatic carbocycles. The molecule has 0 bridgehead atoms. The van der Waals surface area contributed by atoms with Crippen LogP contribution in [0.15, 0.2) is 12.1 Å². The Labute approximate surface area is 122 Å². The van der Waals surface area contributed by atoms with E-state index >= 15 is 0 Å². The van der Waals surface area contributed by atoms with E-state index < -0.39 is 0 Å². The summed E-state index contributed by atoms with van der Waals surface area (Å²) >= 11 is 5.93.